The van der Waals surface area contributed by atoms with Gasteiger partial charge in [-0.25, -0.2) is 0 Å². The van der Waals surface area contributed by atoms with Crippen LogP contribution in [0.2, 0.25) is 0 Å². The van der Waals surface area contributed by atoms with Crippen molar-refractivity contribution < 1.29 is 9.53 Å². The summed E-state index contributed by atoms with van der Waals surface area (Å²) in [5.74, 6) is 1.48. The second kappa shape index (κ2) is 8.82. The maximum Gasteiger partial charge on any atom is 0.130 e. The summed E-state index contributed by atoms with van der Waals surface area (Å²) in [6.07, 6.45) is 2.79. The first kappa shape index (κ1) is 15.9. The molecule has 0 spiro atoms. The Labute approximate surface area is 119 Å². The van der Waals surface area contributed by atoms with Gasteiger partial charge in [-0.3, -0.25) is 4.98 Å². The summed E-state index contributed by atoms with van der Waals surface area (Å²) in [4.78, 5) is 14.5. The van der Waals surface area contributed by atoms with Crippen LogP contribution in [-0.2, 0) is 11.2 Å². The van der Waals surface area contributed by atoms with Gasteiger partial charge in [0.1, 0.15) is 17.8 Å². The number of aromatic nitrogens is 1. The van der Waals surface area contributed by atoms with Gasteiger partial charge in [0.25, 0.3) is 0 Å². The normalized spacial score (nSPS) is 9.35. The molecule has 106 valence electrons. The van der Waals surface area contributed by atoms with Crippen LogP contribution in [0.5, 0.6) is 11.5 Å². The summed E-state index contributed by atoms with van der Waals surface area (Å²) >= 11 is 0. The molecule has 2 rings (SSSR count). The average molecular weight is 272 g/mol. The second-order valence-corrected chi connectivity index (χ2v) is 4.27. The number of hydrogen-bond donors (Lipinski definition) is 1. The summed E-state index contributed by atoms with van der Waals surface area (Å²) in [5.41, 5.74) is 1.86. The van der Waals surface area contributed by atoms with Gasteiger partial charge in [-0.15, -0.1) is 0 Å². The van der Waals surface area contributed by atoms with Crippen molar-refractivity contribution in [2.75, 3.05) is 14.1 Å². The molecule has 0 amide bonds. The predicted octanol–water partition coefficient (Wildman–Crippen LogP) is 2.76. The van der Waals surface area contributed by atoms with Crippen LogP contribution in [0.3, 0.4) is 0 Å². The summed E-state index contributed by atoms with van der Waals surface area (Å²) < 4.78 is 5.69. The SMILES string of the molecule is CNC.Cc1cccc(Oc2ccnc(CC=O)c2)c1. The molecule has 1 heterocycles. The minimum absolute atomic E-state index is 0.311. The van der Waals surface area contributed by atoms with Crippen LogP contribution in [0.25, 0.3) is 0 Å². The van der Waals surface area contributed by atoms with E-state index in [1.807, 2.05) is 45.3 Å². The number of aryl methyl sites for hydroxylation is 1. The molecule has 0 bridgehead atoms. The summed E-state index contributed by atoms with van der Waals surface area (Å²) in [5, 5.41) is 2.75. The molecule has 0 unspecified atom stereocenters. The lowest BCUT2D eigenvalue weighted by Gasteiger charge is -2.06. The van der Waals surface area contributed by atoms with Crippen LogP contribution in [0.1, 0.15) is 11.3 Å². The highest BCUT2D eigenvalue weighted by molar-refractivity contribution is 5.54. The molecule has 4 nitrogen and oxygen atoms in total. The van der Waals surface area contributed by atoms with Crippen molar-refractivity contribution in [2.24, 2.45) is 0 Å². The number of carbonyl (C=O) groups is 1. The van der Waals surface area contributed by atoms with Crippen molar-refractivity contribution in [3.63, 3.8) is 0 Å². The van der Waals surface area contributed by atoms with Crippen molar-refractivity contribution in [2.45, 2.75) is 13.3 Å². The fourth-order valence-corrected chi connectivity index (χ4v) is 1.53. The average Bonchev–Trinajstić information content (AvgIpc) is 2.40. The second-order valence-electron chi connectivity index (χ2n) is 4.27. The molecule has 0 saturated carbocycles. The summed E-state index contributed by atoms with van der Waals surface area (Å²) in [7, 11) is 3.75. The molecule has 0 saturated heterocycles. The molecule has 1 N–H and O–H groups in total. The number of aldehydes is 1. The van der Waals surface area contributed by atoms with E-state index in [2.05, 4.69) is 10.3 Å². The van der Waals surface area contributed by atoms with E-state index in [1.165, 1.54) is 0 Å². The number of rotatable bonds is 4. The fourth-order valence-electron chi connectivity index (χ4n) is 1.53. The smallest absolute Gasteiger partial charge is 0.130 e. The molecule has 2 aromatic rings. The third kappa shape index (κ3) is 5.63. The van der Waals surface area contributed by atoms with Crippen LogP contribution in [-0.4, -0.2) is 25.4 Å². The molecule has 1 aromatic heterocycles. The van der Waals surface area contributed by atoms with E-state index >= 15 is 0 Å². The van der Waals surface area contributed by atoms with Gasteiger partial charge >= 0.3 is 0 Å². The highest BCUT2D eigenvalue weighted by Gasteiger charge is 2.00. The molecular formula is C16H20N2O2. The Morgan fingerprint density at radius 1 is 1.20 bits per heavy atom. The first-order valence-corrected chi connectivity index (χ1v) is 6.41. The number of benzene rings is 1. The number of hydrogen-bond acceptors (Lipinski definition) is 4. The standard InChI is InChI=1S/C14H13NO2.C2H7N/c1-11-3-2-4-13(9-11)17-14-5-7-15-12(10-14)6-8-16;1-3-2/h2-5,7-10H,6H2,1H3;3H,1-2H3. The number of carbonyl (C=O) groups excluding carboxylic acids is 1. The van der Waals surface area contributed by atoms with E-state index in [1.54, 1.807) is 18.3 Å². The molecule has 20 heavy (non-hydrogen) atoms. The van der Waals surface area contributed by atoms with Crippen molar-refractivity contribution in [1.29, 1.82) is 0 Å². The lowest BCUT2D eigenvalue weighted by atomic mass is 10.2. The number of ether oxygens (including phenoxy) is 1. The Bertz CT molecular complexity index is 542. The van der Waals surface area contributed by atoms with E-state index < -0.39 is 0 Å². The van der Waals surface area contributed by atoms with Gasteiger partial charge in [0.05, 0.1) is 5.69 Å². The molecule has 0 atom stereocenters. The Morgan fingerprint density at radius 2 is 1.90 bits per heavy atom. The van der Waals surface area contributed by atoms with Gasteiger partial charge in [-0.1, -0.05) is 12.1 Å². The lowest BCUT2D eigenvalue weighted by Crippen LogP contribution is -1.92. The Balaban J connectivity index is 0.000000612. The summed E-state index contributed by atoms with van der Waals surface area (Å²) in [6.45, 7) is 2.01. The highest BCUT2D eigenvalue weighted by atomic mass is 16.5. The van der Waals surface area contributed by atoms with Gasteiger partial charge < -0.3 is 14.8 Å². The van der Waals surface area contributed by atoms with E-state index in [0.29, 0.717) is 17.9 Å². The van der Waals surface area contributed by atoms with Crippen LogP contribution in [0, 0.1) is 6.92 Å². The van der Waals surface area contributed by atoms with Gasteiger partial charge in [0.15, 0.2) is 0 Å². The van der Waals surface area contributed by atoms with E-state index in [9.17, 15) is 4.79 Å². The summed E-state index contributed by atoms with van der Waals surface area (Å²) in [6, 6.07) is 11.4. The highest BCUT2D eigenvalue weighted by Crippen LogP contribution is 2.22. The molecule has 4 heteroatoms. The van der Waals surface area contributed by atoms with Gasteiger partial charge in [-0.2, -0.15) is 0 Å². The minimum Gasteiger partial charge on any atom is -0.457 e. The third-order valence-electron chi connectivity index (χ3n) is 2.31. The third-order valence-corrected chi connectivity index (χ3v) is 2.31. The number of nitrogens with zero attached hydrogens (tertiary/aromatic N) is 1. The fraction of sp³-hybridized carbons (Fsp3) is 0.250. The van der Waals surface area contributed by atoms with E-state index in [-0.39, 0.29) is 0 Å². The maximum atomic E-state index is 10.4. The van der Waals surface area contributed by atoms with Crippen molar-refractivity contribution in [1.82, 2.24) is 10.3 Å². The van der Waals surface area contributed by atoms with Crippen molar-refractivity contribution in [3.8, 4) is 11.5 Å². The molecule has 0 aliphatic heterocycles. The zero-order chi connectivity index (χ0) is 14.8. The zero-order valence-corrected chi connectivity index (χ0v) is 12.1. The Kier molecular flexibility index (Phi) is 7.00. The lowest BCUT2D eigenvalue weighted by molar-refractivity contribution is -0.107. The number of nitrogens with one attached hydrogen (secondary N) is 1. The predicted molar refractivity (Wildman–Crippen MR) is 80.2 cm³/mol. The Hall–Kier alpha value is -2.20. The maximum absolute atomic E-state index is 10.4. The monoisotopic (exact) mass is 272 g/mol. The van der Waals surface area contributed by atoms with E-state index in [0.717, 1.165) is 17.6 Å². The minimum atomic E-state index is 0.311. The molecule has 0 radical (unpaired) electrons. The Morgan fingerprint density at radius 3 is 2.55 bits per heavy atom. The number of pyridine rings is 1. The van der Waals surface area contributed by atoms with Crippen LogP contribution >= 0.6 is 0 Å². The topological polar surface area (TPSA) is 51.2 Å². The molecule has 0 aliphatic rings. The molecular weight excluding hydrogens is 252 g/mol. The quantitative estimate of drug-likeness (QED) is 0.870. The van der Waals surface area contributed by atoms with Gasteiger partial charge in [-0.05, 0) is 44.8 Å². The van der Waals surface area contributed by atoms with Crippen LogP contribution in [0.15, 0.2) is 42.6 Å². The van der Waals surface area contributed by atoms with Crippen molar-refractivity contribution in [3.05, 3.63) is 53.9 Å². The van der Waals surface area contributed by atoms with Crippen LogP contribution < -0.4 is 10.1 Å². The molecule has 0 aliphatic carbocycles. The largest absolute Gasteiger partial charge is 0.457 e. The van der Waals surface area contributed by atoms with Crippen molar-refractivity contribution >= 4 is 6.29 Å². The van der Waals surface area contributed by atoms with E-state index in [4.69, 9.17) is 4.74 Å². The first-order chi connectivity index (χ1) is 9.69. The first-order valence-electron chi connectivity index (χ1n) is 6.41. The van der Waals surface area contributed by atoms with Gasteiger partial charge in [0.2, 0.25) is 0 Å². The molecule has 0 fully saturated rings. The van der Waals surface area contributed by atoms with Gasteiger partial charge in [0, 0.05) is 18.7 Å². The molecule has 1 aromatic carbocycles. The van der Waals surface area contributed by atoms with Crippen LogP contribution in [0.4, 0.5) is 0 Å². The zero-order valence-electron chi connectivity index (χ0n) is 12.1.